The van der Waals surface area contributed by atoms with Crippen LogP contribution in [-0.2, 0) is 6.54 Å². The van der Waals surface area contributed by atoms with Gasteiger partial charge >= 0.3 is 0 Å². The molecule has 0 aliphatic carbocycles. The Balaban J connectivity index is 1.95. The summed E-state index contributed by atoms with van der Waals surface area (Å²) in [7, 11) is 0. The lowest BCUT2D eigenvalue weighted by Crippen LogP contribution is -2.17. The normalized spacial score (nSPS) is 11.0. The van der Waals surface area contributed by atoms with Crippen LogP contribution in [0.4, 0.5) is 0 Å². The minimum Gasteiger partial charge on any atom is -0.395 e. The van der Waals surface area contributed by atoms with E-state index in [1.807, 2.05) is 60.8 Å². The number of nitrogens with one attached hydrogen (secondary N) is 1. The lowest BCUT2D eigenvalue weighted by molar-refractivity contribution is 0.0965. The Labute approximate surface area is 129 Å². The lowest BCUT2D eigenvalue weighted by atomic mass is 10.1. The Morgan fingerprint density at radius 1 is 1.05 bits per heavy atom. The first kappa shape index (κ1) is 14.5. The number of carbonyl (C=O) groups excluding carboxylic acids is 1. The molecule has 0 saturated heterocycles. The summed E-state index contributed by atoms with van der Waals surface area (Å²) < 4.78 is 1.68. The molecule has 0 atom stereocenters. The number of carbonyl (C=O) groups is 1. The summed E-state index contributed by atoms with van der Waals surface area (Å²) in [6.07, 6.45) is 1.82. The highest BCUT2D eigenvalue weighted by Gasteiger charge is 2.12. The third kappa shape index (κ3) is 2.79. The average molecular weight is 294 g/mol. The summed E-state index contributed by atoms with van der Waals surface area (Å²) in [5.41, 5.74) is 2.69. The maximum atomic E-state index is 12.6. The van der Waals surface area contributed by atoms with Gasteiger partial charge in [0.15, 0.2) is 0 Å². The highest BCUT2D eigenvalue weighted by atomic mass is 16.3. The summed E-state index contributed by atoms with van der Waals surface area (Å²) in [6.45, 7) is 1.34. The second-order valence-corrected chi connectivity index (χ2v) is 5.11. The van der Waals surface area contributed by atoms with Gasteiger partial charge in [-0.1, -0.05) is 30.3 Å². The second-order valence-electron chi connectivity index (χ2n) is 5.11. The molecule has 2 aromatic carbocycles. The van der Waals surface area contributed by atoms with Crippen LogP contribution in [0.2, 0.25) is 0 Å². The van der Waals surface area contributed by atoms with Crippen molar-refractivity contribution in [1.29, 1.82) is 0 Å². The number of aromatic nitrogens is 1. The maximum absolute atomic E-state index is 12.6. The highest BCUT2D eigenvalue weighted by molar-refractivity contribution is 6.02. The molecule has 1 heterocycles. The SMILES string of the molecule is O=C(c1ccccc1)n1ccc2c(CNCCO)cccc21. The van der Waals surface area contributed by atoms with Crippen LogP contribution in [0.1, 0.15) is 15.9 Å². The van der Waals surface area contributed by atoms with Crippen LogP contribution < -0.4 is 5.32 Å². The van der Waals surface area contributed by atoms with Gasteiger partial charge < -0.3 is 10.4 Å². The minimum absolute atomic E-state index is 0.0314. The van der Waals surface area contributed by atoms with E-state index in [-0.39, 0.29) is 12.5 Å². The molecule has 2 N–H and O–H groups in total. The van der Waals surface area contributed by atoms with Crippen molar-refractivity contribution in [3.63, 3.8) is 0 Å². The van der Waals surface area contributed by atoms with E-state index >= 15 is 0 Å². The second kappa shape index (κ2) is 6.56. The van der Waals surface area contributed by atoms with E-state index in [1.54, 1.807) is 4.57 Å². The maximum Gasteiger partial charge on any atom is 0.262 e. The van der Waals surface area contributed by atoms with E-state index in [2.05, 4.69) is 5.32 Å². The number of rotatable bonds is 5. The molecule has 0 aliphatic rings. The predicted molar refractivity (Wildman–Crippen MR) is 86.9 cm³/mol. The van der Waals surface area contributed by atoms with Crippen molar-refractivity contribution in [3.05, 3.63) is 71.9 Å². The smallest absolute Gasteiger partial charge is 0.262 e. The number of aliphatic hydroxyl groups excluding tert-OH is 1. The molecule has 0 amide bonds. The van der Waals surface area contributed by atoms with Gasteiger partial charge in [0, 0.05) is 30.2 Å². The molecule has 1 aromatic heterocycles. The van der Waals surface area contributed by atoms with Crippen LogP contribution in [0, 0.1) is 0 Å². The summed E-state index contributed by atoms with van der Waals surface area (Å²) in [5, 5.41) is 13.1. The largest absolute Gasteiger partial charge is 0.395 e. The molecular weight excluding hydrogens is 276 g/mol. The molecule has 0 fully saturated rings. The quantitative estimate of drug-likeness (QED) is 0.711. The monoisotopic (exact) mass is 294 g/mol. The molecule has 4 nitrogen and oxygen atoms in total. The Morgan fingerprint density at radius 3 is 2.64 bits per heavy atom. The fraction of sp³-hybridized carbons (Fsp3) is 0.167. The lowest BCUT2D eigenvalue weighted by Gasteiger charge is -2.07. The van der Waals surface area contributed by atoms with Crippen molar-refractivity contribution >= 4 is 16.8 Å². The van der Waals surface area contributed by atoms with Gasteiger partial charge in [0.2, 0.25) is 0 Å². The van der Waals surface area contributed by atoms with E-state index < -0.39 is 0 Å². The van der Waals surface area contributed by atoms with Gasteiger partial charge in [0.25, 0.3) is 5.91 Å². The molecule has 0 saturated carbocycles. The summed E-state index contributed by atoms with van der Waals surface area (Å²) in [5.74, 6) is -0.0314. The van der Waals surface area contributed by atoms with E-state index in [4.69, 9.17) is 5.11 Å². The molecule has 0 unspecified atom stereocenters. The molecule has 0 radical (unpaired) electrons. The Bertz CT molecular complexity index is 778. The summed E-state index contributed by atoms with van der Waals surface area (Å²) in [6, 6.07) is 17.2. The number of fused-ring (bicyclic) bond motifs is 1. The number of nitrogens with zero attached hydrogens (tertiary/aromatic N) is 1. The first-order chi connectivity index (χ1) is 10.8. The summed E-state index contributed by atoms with van der Waals surface area (Å²) >= 11 is 0. The average Bonchev–Trinajstić information content (AvgIpc) is 3.00. The van der Waals surface area contributed by atoms with Gasteiger partial charge in [-0.2, -0.15) is 0 Å². The van der Waals surface area contributed by atoms with Crippen molar-refractivity contribution in [1.82, 2.24) is 9.88 Å². The number of benzene rings is 2. The zero-order valence-corrected chi connectivity index (χ0v) is 12.2. The van der Waals surface area contributed by atoms with Crippen LogP contribution in [0.25, 0.3) is 10.9 Å². The molecular formula is C18H18N2O2. The Kier molecular flexibility index (Phi) is 4.32. The Hall–Kier alpha value is -2.43. The van der Waals surface area contributed by atoms with Gasteiger partial charge in [-0.05, 0) is 29.8 Å². The molecule has 3 aromatic rings. The fourth-order valence-corrected chi connectivity index (χ4v) is 2.58. The highest BCUT2D eigenvalue weighted by Crippen LogP contribution is 2.21. The summed E-state index contributed by atoms with van der Waals surface area (Å²) in [4.78, 5) is 12.6. The predicted octanol–water partition coefficient (Wildman–Crippen LogP) is 2.41. The fourth-order valence-electron chi connectivity index (χ4n) is 2.58. The topological polar surface area (TPSA) is 54.3 Å². The van der Waals surface area contributed by atoms with E-state index in [9.17, 15) is 4.79 Å². The van der Waals surface area contributed by atoms with Crippen molar-refractivity contribution < 1.29 is 9.90 Å². The molecule has 0 aliphatic heterocycles. The van der Waals surface area contributed by atoms with Crippen LogP contribution in [0.15, 0.2) is 60.8 Å². The Morgan fingerprint density at radius 2 is 1.86 bits per heavy atom. The first-order valence-corrected chi connectivity index (χ1v) is 7.31. The molecule has 0 bridgehead atoms. The van der Waals surface area contributed by atoms with Crippen LogP contribution in [0.5, 0.6) is 0 Å². The van der Waals surface area contributed by atoms with Crippen molar-refractivity contribution in [2.24, 2.45) is 0 Å². The zero-order chi connectivity index (χ0) is 15.4. The van der Waals surface area contributed by atoms with Crippen molar-refractivity contribution in [2.75, 3.05) is 13.2 Å². The van der Waals surface area contributed by atoms with Crippen LogP contribution >= 0.6 is 0 Å². The molecule has 3 rings (SSSR count). The van der Waals surface area contributed by atoms with E-state index in [0.29, 0.717) is 18.7 Å². The van der Waals surface area contributed by atoms with Gasteiger partial charge in [-0.15, -0.1) is 0 Å². The van der Waals surface area contributed by atoms with Gasteiger partial charge in [-0.3, -0.25) is 9.36 Å². The zero-order valence-electron chi connectivity index (χ0n) is 12.2. The number of hydrogen-bond donors (Lipinski definition) is 2. The van der Waals surface area contributed by atoms with Gasteiger partial charge in [0.1, 0.15) is 0 Å². The minimum atomic E-state index is -0.0314. The third-order valence-corrected chi connectivity index (χ3v) is 3.67. The molecule has 4 heteroatoms. The molecule has 112 valence electrons. The third-order valence-electron chi connectivity index (χ3n) is 3.67. The van der Waals surface area contributed by atoms with Gasteiger partial charge in [0.05, 0.1) is 12.1 Å². The molecule has 22 heavy (non-hydrogen) atoms. The number of hydrogen-bond acceptors (Lipinski definition) is 3. The van der Waals surface area contributed by atoms with Crippen molar-refractivity contribution in [3.8, 4) is 0 Å². The van der Waals surface area contributed by atoms with Gasteiger partial charge in [-0.25, -0.2) is 0 Å². The first-order valence-electron chi connectivity index (χ1n) is 7.31. The van der Waals surface area contributed by atoms with E-state index in [1.165, 1.54) is 0 Å². The van der Waals surface area contributed by atoms with E-state index in [0.717, 1.165) is 16.5 Å². The standard InChI is InChI=1S/C18H18N2O2/c21-12-10-19-13-15-7-4-8-17-16(15)9-11-20(17)18(22)14-5-2-1-3-6-14/h1-9,11,19,21H,10,12-13H2. The molecule has 0 spiro atoms. The van der Waals surface area contributed by atoms with Crippen molar-refractivity contribution in [2.45, 2.75) is 6.54 Å². The number of aliphatic hydroxyl groups is 1. The van der Waals surface area contributed by atoms with Crippen LogP contribution in [-0.4, -0.2) is 28.7 Å². The van der Waals surface area contributed by atoms with Crippen LogP contribution in [0.3, 0.4) is 0 Å².